The van der Waals surface area contributed by atoms with Gasteiger partial charge in [0.1, 0.15) is 12.4 Å². The van der Waals surface area contributed by atoms with Crippen LogP contribution in [0.3, 0.4) is 0 Å². The molecule has 25 heavy (non-hydrogen) atoms. The first-order valence-electron chi connectivity index (χ1n) is 8.89. The van der Waals surface area contributed by atoms with Gasteiger partial charge in [0.25, 0.3) is 5.91 Å². The molecule has 3 heterocycles. The molecule has 7 nitrogen and oxygen atoms in total. The summed E-state index contributed by atoms with van der Waals surface area (Å²) in [4.78, 5) is 14.8. The summed E-state index contributed by atoms with van der Waals surface area (Å²) in [6, 6.07) is 1.71. The van der Waals surface area contributed by atoms with Crippen molar-refractivity contribution in [3.63, 3.8) is 0 Å². The Labute approximate surface area is 146 Å². The fourth-order valence-corrected chi connectivity index (χ4v) is 4.37. The van der Waals surface area contributed by atoms with E-state index in [-0.39, 0.29) is 17.9 Å². The minimum Gasteiger partial charge on any atom is -0.453 e. The molecular weight excluding hydrogens is 322 g/mol. The first-order valence-corrected chi connectivity index (χ1v) is 8.89. The SMILES string of the molecule is CCc1nnc([C@]23CCC[C@H]2CN(C(=O)c2oc(CO)cc2C)C3)o1. The molecule has 4 rings (SSSR count). The number of furan rings is 1. The lowest BCUT2D eigenvalue weighted by atomic mass is 9.80. The quantitative estimate of drug-likeness (QED) is 0.913. The predicted octanol–water partition coefficient (Wildman–Crippen LogP) is 2.22. The van der Waals surface area contributed by atoms with Crippen LogP contribution in [0.5, 0.6) is 0 Å². The third-order valence-electron chi connectivity index (χ3n) is 5.67. The molecule has 2 atom stereocenters. The number of likely N-dealkylation sites (tertiary alicyclic amines) is 1. The Balaban J connectivity index is 1.62. The van der Waals surface area contributed by atoms with E-state index in [0.717, 1.165) is 24.8 Å². The Morgan fingerprint density at radius 1 is 1.44 bits per heavy atom. The maximum atomic E-state index is 12.9. The minimum atomic E-state index is -0.226. The number of aryl methyl sites for hydroxylation is 2. The molecular formula is C18H23N3O4. The van der Waals surface area contributed by atoms with E-state index in [1.54, 1.807) is 6.07 Å². The van der Waals surface area contributed by atoms with E-state index in [1.807, 2.05) is 18.7 Å². The minimum absolute atomic E-state index is 0.124. The van der Waals surface area contributed by atoms with E-state index in [0.29, 0.717) is 48.7 Å². The fourth-order valence-electron chi connectivity index (χ4n) is 4.37. The molecule has 2 aromatic heterocycles. The highest BCUT2D eigenvalue weighted by molar-refractivity contribution is 5.93. The number of aliphatic hydroxyl groups excluding tert-OH is 1. The van der Waals surface area contributed by atoms with Gasteiger partial charge >= 0.3 is 0 Å². The average Bonchev–Trinajstić information content (AvgIpc) is 3.35. The molecule has 1 amide bonds. The molecule has 2 aromatic rings. The van der Waals surface area contributed by atoms with Crippen LogP contribution in [0.2, 0.25) is 0 Å². The molecule has 0 bridgehead atoms. The molecule has 0 radical (unpaired) electrons. The van der Waals surface area contributed by atoms with E-state index in [1.165, 1.54) is 0 Å². The maximum absolute atomic E-state index is 12.9. The van der Waals surface area contributed by atoms with E-state index < -0.39 is 0 Å². The lowest BCUT2D eigenvalue weighted by molar-refractivity contribution is 0.0738. The van der Waals surface area contributed by atoms with Crippen molar-refractivity contribution in [2.45, 2.75) is 51.6 Å². The summed E-state index contributed by atoms with van der Waals surface area (Å²) in [6.45, 7) is 4.87. The second kappa shape index (κ2) is 5.98. The molecule has 1 aliphatic heterocycles. The third-order valence-corrected chi connectivity index (χ3v) is 5.67. The van der Waals surface area contributed by atoms with Crippen LogP contribution in [0.1, 0.15) is 59.8 Å². The van der Waals surface area contributed by atoms with Crippen LogP contribution >= 0.6 is 0 Å². The Kier molecular flexibility index (Phi) is 3.91. The lowest BCUT2D eigenvalue weighted by Crippen LogP contribution is -2.35. The van der Waals surface area contributed by atoms with Crippen molar-refractivity contribution >= 4 is 5.91 Å². The monoisotopic (exact) mass is 345 g/mol. The van der Waals surface area contributed by atoms with E-state index in [9.17, 15) is 9.90 Å². The van der Waals surface area contributed by atoms with Gasteiger partial charge in [0.2, 0.25) is 11.8 Å². The van der Waals surface area contributed by atoms with Gasteiger partial charge in [-0.3, -0.25) is 4.79 Å². The maximum Gasteiger partial charge on any atom is 0.289 e. The first-order chi connectivity index (χ1) is 12.1. The van der Waals surface area contributed by atoms with Gasteiger partial charge in [0.15, 0.2) is 5.76 Å². The van der Waals surface area contributed by atoms with E-state index in [2.05, 4.69) is 10.2 Å². The molecule has 1 saturated carbocycles. The van der Waals surface area contributed by atoms with E-state index >= 15 is 0 Å². The number of amides is 1. The largest absolute Gasteiger partial charge is 0.453 e. The van der Waals surface area contributed by atoms with Crippen LogP contribution in [0, 0.1) is 12.8 Å². The summed E-state index contributed by atoms with van der Waals surface area (Å²) in [5.41, 5.74) is 0.530. The Morgan fingerprint density at radius 3 is 2.96 bits per heavy atom. The summed E-state index contributed by atoms with van der Waals surface area (Å²) >= 11 is 0. The van der Waals surface area contributed by atoms with Gasteiger partial charge in [0, 0.05) is 25.1 Å². The van der Waals surface area contributed by atoms with E-state index in [4.69, 9.17) is 8.83 Å². The van der Waals surface area contributed by atoms with Crippen LogP contribution in [-0.2, 0) is 18.4 Å². The summed E-state index contributed by atoms with van der Waals surface area (Å²) in [5, 5.41) is 17.6. The summed E-state index contributed by atoms with van der Waals surface area (Å²) in [5.74, 6) is 2.28. The van der Waals surface area contributed by atoms with Crippen LogP contribution in [0.4, 0.5) is 0 Å². The number of aromatic nitrogens is 2. The van der Waals surface area contributed by atoms with Crippen LogP contribution in [0.25, 0.3) is 0 Å². The van der Waals surface area contributed by atoms with Gasteiger partial charge in [-0.2, -0.15) is 0 Å². The zero-order chi connectivity index (χ0) is 17.6. The smallest absolute Gasteiger partial charge is 0.289 e. The Morgan fingerprint density at radius 2 is 2.28 bits per heavy atom. The highest BCUT2D eigenvalue weighted by atomic mass is 16.4. The number of hydrogen-bond acceptors (Lipinski definition) is 6. The number of hydrogen-bond donors (Lipinski definition) is 1. The summed E-state index contributed by atoms with van der Waals surface area (Å²) in [7, 11) is 0. The molecule has 2 fully saturated rings. The van der Waals surface area contributed by atoms with Crippen LogP contribution in [-0.4, -0.2) is 39.2 Å². The first kappa shape index (κ1) is 16.3. The lowest BCUT2D eigenvalue weighted by Gasteiger charge is -2.24. The number of carbonyl (C=O) groups excluding carboxylic acids is 1. The number of fused-ring (bicyclic) bond motifs is 1. The third kappa shape index (κ3) is 2.49. The molecule has 1 aliphatic carbocycles. The second-order valence-electron chi connectivity index (χ2n) is 7.17. The van der Waals surface area contributed by atoms with Gasteiger partial charge < -0.3 is 18.8 Å². The highest BCUT2D eigenvalue weighted by Crippen LogP contribution is 2.50. The number of rotatable bonds is 4. The average molecular weight is 345 g/mol. The number of carbonyl (C=O) groups is 1. The molecule has 2 aliphatic rings. The summed E-state index contributed by atoms with van der Waals surface area (Å²) < 4.78 is 11.4. The zero-order valence-electron chi connectivity index (χ0n) is 14.6. The topological polar surface area (TPSA) is 92.6 Å². The standard InChI is InChI=1S/C18H23N3O4/c1-3-14-19-20-17(25-14)18-6-4-5-12(18)8-21(10-18)16(23)15-11(2)7-13(9-22)24-15/h7,12,22H,3-6,8-10H2,1-2H3/t12-,18-/m0/s1. The molecule has 0 unspecified atom stereocenters. The van der Waals surface area contributed by atoms with Gasteiger partial charge in [-0.15, -0.1) is 10.2 Å². The van der Waals surface area contributed by atoms with Crippen molar-refractivity contribution in [1.29, 1.82) is 0 Å². The van der Waals surface area contributed by atoms with Crippen molar-refractivity contribution in [3.8, 4) is 0 Å². The molecule has 0 spiro atoms. The number of nitrogens with zero attached hydrogens (tertiary/aromatic N) is 3. The van der Waals surface area contributed by atoms with Crippen molar-refractivity contribution in [1.82, 2.24) is 15.1 Å². The molecule has 7 heteroatoms. The van der Waals surface area contributed by atoms with Crippen LogP contribution in [0.15, 0.2) is 14.9 Å². The van der Waals surface area contributed by atoms with Gasteiger partial charge in [0.05, 0.1) is 5.41 Å². The van der Waals surface area contributed by atoms with Crippen LogP contribution < -0.4 is 0 Å². The summed E-state index contributed by atoms with van der Waals surface area (Å²) in [6.07, 6.45) is 3.86. The molecule has 1 saturated heterocycles. The molecule has 134 valence electrons. The van der Waals surface area contributed by atoms with Gasteiger partial charge in [-0.05, 0) is 31.7 Å². The van der Waals surface area contributed by atoms with Crippen molar-refractivity contribution < 1.29 is 18.7 Å². The Bertz CT molecular complexity index is 796. The van der Waals surface area contributed by atoms with Crippen molar-refractivity contribution in [3.05, 3.63) is 34.9 Å². The Hall–Kier alpha value is -2.15. The van der Waals surface area contributed by atoms with Gasteiger partial charge in [-0.25, -0.2) is 0 Å². The highest BCUT2D eigenvalue weighted by Gasteiger charge is 2.55. The zero-order valence-corrected chi connectivity index (χ0v) is 14.6. The van der Waals surface area contributed by atoms with Crippen molar-refractivity contribution in [2.24, 2.45) is 5.92 Å². The molecule has 1 N–H and O–H groups in total. The van der Waals surface area contributed by atoms with Gasteiger partial charge in [-0.1, -0.05) is 13.3 Å². The predicted molar refractivity (Wildman–Crippen MR) is 88.0 cm³/mol. The molecule has 0 aromatic carbocycles. The second-order valence-corrected chi connectivity index (χ2v) is 7.17. The normalized spacial score (nSPS) is 25.6. The number of aliphatic hydroxyl groups is 1. The van der Waals surface area contributed by atoms with Crippen molar-refractivity contribution in [2.75, 3.05) is 13.1 Å². The fraction of sp³-hybridized carbons (Fsp3) is 0.611.